The molecule has 1 N–H and O–H groups in total. The Hall–Kier alpha value is -4.04. The molecule has 0 radical (unpaired) electrons. The number of aromatic hydroxyl groups is 1. The van der Waals surface area contributed by atoms with Crippen LogP contribution in [0, 0.1) is 0 Å². The van der Waals surface area contributed by atoms with Crippen molar-refractivity contribution in [2.24, 2.45) is 0 Å². The fourth-order valence-electron chi connectivity index (χ4n) is 5.85. The number of phenolic OH excluding ortho intramolecular Hbond substituents is 1. The predicted octanol–water partition coefficient (Wildman–Crippen LogP) is 8.53. The molecule has 0 unspecified atom stereocenters. The van der Waals surface area contributed by atoms with Crippen LogP contribution < -0.4 is 4.74 Å². The second-order valence-corrected chi connectivity index (χ2v) is 9.78. The van der Waals surface area contributed by atoms with Crippen molar-refractivity contribution in [3.05, 3.63) is 138 Å². The van der Waals surface area contributed by atoms with E-state index in [1.165, 1.54) is 45.4 Å². The molecule has 1 saturated carbocycles. The molecule has 0 heterocycles. The molecule has 0 spiro atoms. The number of benzene rings is 4. The van der Waals surface area contributed by atoms with Crippen molar-refractivity contribution < 1.29 is 9.84 Å². The molecule has 2 nitrogen and oxygen atoms in total. The van der Waals surface area contributed by atoms with Crippen molar-refractivity contribution in [2.45, 2.75) is 37.7 Å². The van der Waals surface area contributed by atoms with Crippen LogP contribution in [0.25, 0.3) is 16.7 Å². The molecular formula is C34H30O2. The summed E-state index contributed by atoms with van der Waals surface area (Å²) in [5.74, 6) is 1.05. The number of fused-ring (bicyclic) bond motifs is 1. The van der Waals surface area contributed by atoms with Gasteiger partial charge in [0.1, 0.15) is 17.1 Å². The lowest BCUT2D eigenvalue weighted by molar-refractivity contribution is 0.0877. The van der Waals surface area contributed by atoms with Crippen LogP contribution in [0.5, 0.6) is 11.5 Å². The normalized spacial score (nSPS) is 17.7. The first-order chi connectivity index (χ1) is 17.7. The highest BCUT2D eigenvalue weighted by Gasteiger charge is 2.41. The van der Waals surface area contributed by atoms with Crippen molar-refractivity contribution in [3.63, 3.8) is 0 Å². The van der Waals surface area contributed by atoms with Gasteiger partial charge < -0.3 is 9.84 Å². The number of hydrogen-bond acceptors (Lipinski definition) is 2. The summed E-state index contributed by atoms with van der Waals surface area (Å²) in [4.78, 5) is 0. The average Bonchev–Trinajstić information content (AvgIpc) is 3.31. The summed E-state index contributed by atoms with van der Waals surface area (Å²) >= 11 is 0. The van der Waals surface area contributed by atoms with Crippen LogP contribution in [0.4, 0.5) is 0 Å². The molecule has 0 atom stereocenters. The highest BCUT2D eigenvalue weighted by atomic mass is 16.5. The maximum Gasteiger partial charge on any atom is 0.135 e. The maximum atomic E-state index is 9.86. The Bertz CT molecular complexity index is 1410. The van der Waals surface area contributed by atoms with Gasteiger partial charge in [0.05, 0.1) is 0 Å². The van der Waals surface area contributed by atoms with Crippen LogP contribution in [0.3, 0.4) is 0 Å². The summed E-state index contributed by atoms with van der Waals surface area (Å²) in [6.45, 7) is 0. The van der Waals surface area contributed by atoms with E-state index in [9.17, 15) is 5.11 Å². The molecule has 4 aromatic rings. The van der Waals surface area contributed by atoms with Crippen molar-refractivity contribution >= 4 is 16.7 Å². The topological polar surface area (TPSA) is 29.5 Å². The Kier molecular flexibility index (Phi) is 5.95. The fourth-order valence-corrected chi connectivity index (χ4v) is 5.85. The predicted molar refractivity (Wildman–Crippen MR) is 148 cm³/mol. The minimum Gasteiger partial charge on any atom is -0.508 e. The first-order valence-corrected chi connectivity index (χ1v) is 12.9. The summed E-state index contributed by atoms with van der Waals surface area (Å²) < 4.78 is 6.98. The van der Waals surface area contributed by atoms with Gasteiger partial charge in [0.2, 0.25) is 0 Å². The molecule has 1 fully saturated rings. The Morgan fingerprint density at radius 3 is 1.94 bits per heavy atom. The molecule has 0 aliphatic heterocycles. The summed E-state index contributed by atoms with van der Waals surface area (Å²) in [5.41, 5.74) is 8.26. The lowest BCUT2D eigenvalue weighted by Gasteiger charge is -2.41. The van der Waals surface area contributed by atoms with Gasteiger partial charge in [-0.05, 0) is 89.4 Å². The summed E-state index contributed by atoms with van der Waals surface area (Å²) in [7, 11) is 0. The van der Waals surface area contributed by atoms with Crippen molar-refractivity contribution in [3.8, 4) is 11.5 Å². The number of ether oxygens (including phenoxy) is 1. The van der Waals surface area contributed by atoms with Crippen molar-refractivity contribution in [1.29, 1.82) is 0 Å². The standard InChI is InChI=1S/C34H30O2/c35-27-18-20-28(21-19-27)36-34(22-10-3-11-23-34)33(26-14-6-2-7-15-26)32-24-31(25-12-4-1-5-13-25)29-16-8-9-17-30(29)32/h1-2,4-9,12-21,24,35H,3,10-11,22-23H2/b33-32-. The monoisotopic (exact) mass is 470 g/mol. The van der Waals surface area contributed by atoms with E-state index in [-0.39, 0.29) is 5.75 Å². The summed E-state index contributed by atoms with van der Waals surface area (Å²) in [6.07, 6.45) is 7.76. The molecule has 2 aliphatic rings. The third kappa shape index (κ3) is 4.13. The lowest BCUT2D eigenvalue weighted by atomic mass is 9.74. The second-order valence-electron chi connectivity index (χ2n) is 9.78. The number of phenols is 1. The third-order valence-electron chi connectivity index (χ3n) is 7.48. The Labute approximate surface area is 213 Å². The number of rotatable bonds is 5. The molecule has 0 bridgehead atoms. The van der Waals surface area contributed by atoms with E-state index in [1.54, 1.807) is 12.1 Å². The van der Waals surface area contributed by atoms with Gasteiger partial charge >= 0.3 is 0 Å². The van der Waals surface area contributed by atoms with Gasteiger partial charge in [-0.25, -0.2) is 0 Å². The summed E-state index contributed by atoms with van der Waals surface area (Å²) in [5, 5.41) is 9.86. The van der Waals surface area contributed by atoms with E-state index in [0.29, 0.717) is 0 Å². The molecule has 2 aliphatic carbocycles. The first kappa shape index (κ1) is 22.4. The van der Waals surface area contributed by atoms with Crippen LogP contribution in [0.15, 0.2) is 115 Å². The number of hydrogen-bond donors (Lipinski definition) is 1. The Balaban J connectivity index is 1.61. The third-order valence-corrected chi connectivity index (χ3v) is 7.48. The van der Waals surface area contributed by atoms with Crippen LogP contribution in [-0.4, -0.2) is 10.7 Å². The average molecular weight is 471 g/mol. The van der Waals surface area contributed by atoms with E-state index in [4.69, 9.17) is 4.74 Å². The zero-order valence-corrected chi connectivity index (χ0v) is 20.4. The van der Waals surface area contributed by atoms with Crippen LogP contribution >= 0.6 is 0 Å². The highest BCUT2D eigenvalue weighted by Crippen LogP contribution is 2.50. The molecular weight excluding hydrogens is 440 g/mol. The van der Waals surface area contributed by atoms with Gasteiger partial charge in [0.15, 0.2) is 0 Å². The Morgan fingerprint density at radius 2 is 1.25 bits per heavy atom. The molecule has 178 valence electrons. The molecule has 4 aromatic carbocycles. The minimum atomic E-state index is -0.457. The zero-order valence-electron chi connectivity index (χ0n) is 20.4. The SMILES string of the molecule is Oc1ccc(OC2(/C(=C3/C=C(c4ccccc4)c4ccccc43)c3ccccc3)CCCCC2)cc1. The van der Waals surface area contributed by atoms with E-state index in [1.807, 2.05) is 12.1 Å². The van der Waals surface area contributed by atoms with Crippen molar-refractivity contribution in [2.75, 3.05) is 0 Å². The number of allylic oxidation sites excluding steroid dienone is 2. The van der Waals surface area contributed by atoms with E-state index < -0.39 is 5.60 Å². The van der Waals surface area contributed by atoms with E-state index >= 15 is 0 Å². The highest BCUT2D eigenvalue weighted by molar-refractivity contribution is 6.10. The van der Waals surface area contributed by atoms with E-state index in [2.05, 4.69) is 91.0 Å². The van der Waals surface area contributed by atoms with Gasteiger partial charge in [-0.2, -0.15) is 0 Å². The smallest absolute Gasteiger partial charge is 0.135 e. The second kappa shape index (κ2) is 9.54. The van der Waals surface area contributed by atoms with Gasteiger partial charge in [-0.15, -0.1) is 0 Å². The molecule has 0 amide bonds. The van der Waals surface area contributed by atoms with E-state index in [0.717, 1.165) is 31.4 Å². The molecule has 0 aromatic heterocycles. The fraction of sp³-hybridized carbons (Fsp3) is 0.176. The van der Waals surface area contributed by atoms with Gasteiger partial charge in [0.25, 0.3) is 0 Å². The quantitative estimate of drug-likeness (QED) is 0.317. The van der Waals surface area contributed by atoms with Crippen LogP contribution in [0.2, 0.25) is 0 Å². The first-order valence-electron chi connectivity index (χ1n) is 12.9. The minimum absolute atomic E-state index is 0.252. The molecule has 0 saturated heterocycles. The largest absolute Gasteiger partial charge is 0.508 e. The molecule has 36 heavy (non-hydrogen) atoms. The Morgan fingerprint density at radius 1 is 0.639 bits per heavy atom. The zero-order chi connectivity index (χ0) is 24.4. The van der Waals surface area contributed by atoms with Crippen LogP contribution in [0.1, 0.15) is 54.4 Å². The molecule has 2 heteroatoms. The maximum absolute atomic E-state index is 9.86. The van der Waals surface area contributed by atoms with Gasteiger partial charge in [0, 0.05) is 5.57 Å². The summed E-state index contributed by atoms with van der Waals surface area (Å²) in [6, 6.07) is 37.3. The lowest BCUT2D eigenvalue weighted by Crippen LogP contribution is -2.40. The van der Waals surface area contributed by atoms with Crippen LogP contribution in [-0.2, 0) is 0 Å². The van der Waals surface area contributed by atoms with Crippen molar-refractivity contribution in [1.82, 2.24) is 0 Å². The van der Waals surface area contributed by atoms with Gasteiger partial charge in [-0.3, -0.25) is 0 Å². The molecule has 6 rings (SSSR count). The van der Waals surface area contributed by atoms with Gasteiger partial charge in [-0.1, -0.05) is 91.3 Å².